The van der Waals surface area contributed by atoms with Crippen molar-refractivity contribution in [2.75, 3.05) is 26.7 Å². The van der Waals surface area contributed by atoms with Crippen molar-refractivity contribution in [2.45, 2.75) is 18.2 Å². The van der Waals surface area contributed by atoms with Crippen LogP contribution < -0.4 is 5.32 Å². The zero-order chi connectivity index (χ0) is 11.3. The van der Waals surface area contributed by atoms with Gasteiger partial charge in [0.15, 0.2) is 0 Å². The summed E-state index contributed by atoms with van der Waals surface area (Å²) in [6.45, 7) is 2.19. The highest BCUT2D eigenvalue weighted by molar-refractivity contribution is 6.22. The number of piperidine rings is 1. The molecule has 1 rings (SSSR count). The van der Waals surface area contributed by atoms with Crippen LogP contribution in [0.2, 0.25) is 0 Å². The van der Waals surface area contributed by atoms with Crippen LogP contribution in [0.1, 0.15) is 12.8 Å². The predicted octanol–water partition coefficient (Wildman–Crippen LogP) is 0.575. The average molecular weight is 230 g/mol. The Morgan fingerprint density at radius 2 is 2.53 bits per heavy atom. The third-order valence-corrected chi connectivity index (χ3v) is 2.92. The van der Waals surface area contributed by atoms with Crippen LogP contribution >= 0.6 is 11.6 Å². The van der Waals surface area contributed by atoms with Crippen LogP contribution in [-0.2, 0) is 4.79 Å². The zero-order valence-electron chi connectivity index (χ0n) is 8.87. The molecule has 5 heteroatoms. The number of likely N-dealkylation sites (tertiary alicyclic amines) is 1. The van der Waals surface area contributed by atoms with Crippen molar-refractivity contribution < 1.29 is 4.79 Å². The van der Waals surface area contributed by atoms with Gasteiger partial charge in [0.05, 0.1) is 12.0 Å². The summed E-state index contributed by atoms with van der Waals surface area (Å²) >= 11 is 5.76. The normalized spacial score (nSPS) is 24.2. The van der Waals surface area contributed by atoms with Gasteiger partial charge in [-0.25, -0.2) is 0 Å². The second kappa shape index (κ2) is 5.94. The molecule has 1 aliphatic rings. The Kier molecular flexibility index (Phi) is 4.86. The number of carbonyl (C=O) groups excluding carboxylic acids is 1. The van der Waals surface area contributed by atoms with E-state index in [1.54, 1.807) is 7.05 Å². The molecule has 0 radical (unpaired) electrons. The number of alkyl halides is 1. The summed E-state index contributed by atoms with van der Waals surface area (Å²) in [5.41, 5.74) is 0. The van der Waals surface area contributed by atoms with Gasteiger partial charge in [0.2, 0.25) is 5.91 Å². The molecule has 0 aliphatic carbocycles. The standard InChI is InChI=1S/C10H16ClN3O/c1-13-10(15)8-3-2-4-14(6-8)7-9(11)5-12/h8-9H,2-4,6-7H2,1H3,(H,13,15). The Labute approximate surface area is 95.2 Å². The van der Waals surface area contributed by atoms with E-state index in [2.05, 4.69) is 10.2 Å². The highest BCUT2D eigenvalue weighted by Gasteiger charge is 2.25. The highest BCUT2D eigenvalue weighted by atomic mass is 35.5. The number of rotatable bonds is 3. The molecule has 2 unspecified atom stereocenters. The maximum absolute atomic E-state index is 11.4. The van der Waals surface area contributed by atoms with Gasteiger partial charge in [0, 0.05) is 20.1 Å². The van der Waals surface area contributed by atoms with Gasteiger partial charge in [-0.2, -0.15) is 5.26 Å². The lowest BCUT2D eigenvalue weighted by molar-refractivity contribution is -0.126. The van der Waals surface area contributed by atoms with Crippen LogP contribution in [0.15, 0.2) is 0 Å². The molecule has 4 nitrogen and oxygen atoms in total. The lowest BCUT2D eigenvalue weighted by Gasteiger charge is -2.31. The first-order chi connectivity index (χ1) is 7.17. The van der Waals surface area contributed by atoms with Crippen molar-refractivity contribution >= 4 is 17.5 Å². The molecule has 1 amide bonds. The first kappa shape index (κ1) is 12.3. The van der Waals surface area contributed by atoms with E-state index in [4.69, 9.17) is 16.9 Å². The van der Waals surface area contributed by atoms with Gasteiger partial charge in [-0.05, 0) is 19.4 Å². The summed E-state index contributed by atoms with van der Waals surface area (Å²) in [4.78, 5) is 13.5. The Morgan fingerprint density at radius 1 is 1.80 bits per heavy atom. The molecule has 1 N–H and O–H groups in total. The smallest absolute Gasteiger partial charge is 0.224 e. The quantitative estimate of drug-likeness (QED) is 0.721. The van der Waals surface area contributed by atoms with E-state index in [1.807, 2.05) is 6.07 Å². The lowest BCUT2D eigenvalue weighted by Crippen LogP contribution is -2.43. The Bertz CT molecular complexity index is 264. The number of hydrogen-bond donors (Lipinski definition) is 1. The molecule has 0 bridgehead atoms. The van der Waals surface area contributed by atoms with Crippen molar-refractivity contribution in [1.82, 2.24) is 10.2 Å². The number of nitrogens with zero attached hydrogens (tertiary/aromatic N) is 2. The molecule has 1 saturated heterocycles. The Morgan fingerprint density at radius 3 is 3.13 bits per heavy atom. The van der Waals surface area contributed by atoms with Gasteiger partial charge in [0.25, 0.3) is 0 Å². The van der Waals surface area contributed by atoms with E-state index in [-0.39, 0.29) is 11.8 Å². The summed E-state index contributed by atoms with van der Waals surface area (Å²) in [5, 5.41) is 10.8. The number of nitrogens with one attached hydrogen (secondary N) is 1. The molecule has 1 aliphatic heterocycles. The number of halogens is 1. The van der Waals surface area contributed by atoms with Crippen LogP contribution in [-0.4, -0.2) is 42.9 Å². The molecule has 1 heterocycles. The Balaban J connectivity index is 2.42. The maximum Gasteiger partial charge on any atom is 0.224 e. The summed E-state index contributed by atoms with van der Waals surface area (Å²) < 4.78 is 0. The van der Waals surface area contributed by atoms with E-state index >= 15 is 0 Å². The van der Waals surface area contributed by atoms with Gasteiger partial charge in [-0.15, -0.1) is 11.6 Å². The number of amides is 1. The third kappa shape index (κ3) is 3.69. The lowest BCUT2D eigenvalue weighted by atomic mass is 9.97. The van der Waals surface area contributed by atoms with Gasteiger partial charge in [0.1, 0.15) is 5.38 Å². The molecular formula is C10H16ClN3O. The summed E-state index contributed by atoms with van der Waals surface area (Å²) in [6.07, 6.45) is 1.92. The van der Waals surface area contributed by atoms with E-state index in [9.17, 15) is 4.79 Å². The van der Waals surface area contributed by atoms with E-state index in [1.165, 1.54) is 0 Å². The maximum atomic E-state index is 11.4. The van der Waals surface area contributed by atoms with Gasteiger partial charge in [-0.3, -0.25) is 4.79 Å². The first-order valence-corrected chi connectivity index (χ1v) is 5.58. The minimum absolute atomic E-state index is 0.0475. The van der Waals surface area contributed by atoms with Crippen LogP contribution in [0.3, 0.4) is 0 Å². The fourth-order valence-electron chi connectivity index (χ4n) is 1.91. The molecule has 0 aromatic rings. The summed E-state index contributed by atoms with van der Waals surface area (Å²) in [5.74, 6) is 0.133. The molecule has 0 saturated carbocycles. The van der Waals surface area contributed by atoms with Crippen molar-refractivity contribution in [3.63, 3.8) is 0 Å². The van der Waals surface area contributed by atoms with Crippen LogP contribution in [0.5, 0.6) is 0 Å². The third-order valence-electron chi connectivity index (χ3n) is 2.68. The molecule has 2 atom stereocenters. The fraction of sp³-hybridized carbons (Fsp3) is 0.800. The second-order valence-electron chi connectivity index (χ2n) is 3.81. The van der Waals surface area contributed by atoms with Gasteiger partial charge in [-0.1, -0.05) is 0 Å². The summed E-state index contributed by atoms with van der Waals surface area (Å²) in [7, 11) is 1.65. The highest BCUT2D eigenvalue weighted by Crippen LogP contribution is 2.17. The molecule has 84 valence electrons. The molecule has 0 spiro atoms. The average Bonchev–Trinajstić information content (AvgIpc) is 2.28. The van der Waals surface area contributed by atoms with E-state index in [0.717, 1.165) is 19.4 Å². The molecule has 15 heavy (non-hydrogen) atoms. The van der Waals surface area contributed by atoms with E-state index in [0.29, 0.717) is 13.1 Å². The van der Waals surface area contributed by atoms with Gasteiger partial charge < -0.3 is 10.2 Å². The number of carbonyl (C=O) groups is 1. The number of nitriles is 1. The van der Waals surface area contributed by atoms with Crippen molar-refractivity contribution in [3.05, 3.63) is 0 Å². The monoisotopic (exact) mass is 229 g/mol. The molecule has 1 fully saturated rings. The summed E-state index contributed by atoms with van der Waals surface area (Å²) in [6, 6.07) is 1.99. The number of hydrogen-bond acceptors (Lipinski definition) is 3. The molecule has 0 aromatic carbocycles. The van der Waals surface area contributed by atoms with E-state index < -0.39 is 5.38 Å². The Hall–Kier alpha value is -0.790. The largest absolute Gasteiger partial charge is 0.359 e. The second-order valence-corrected chi connectivity index (χ2v) is 4.34. The predicted molar refractivity (Wildman–Crippen MR) is 58.5 cm³/mol. The minimum Gasteiger partial charge on any atom is -0.359 e. The van der Waals surface area contributed by atoms with Crippen molar-refractivity contribution in [2.24, 2.45) is 5.92 Å². The molecular weight excluding hydrogens is 214 g/mol. The van der Waals surface area contributed by atoms with Crippen molar-refractivity contribution in [1.29, 1.82) is 5.26 Å². The topological polar surface area (TPSA) is 56.1 Å². The minimum atomic E-state index is -0.478. The first-order valence-electron chi connectivity index (χ1n) is 5.15. The van der Waals surface area contributed by atoms with Crippen LogP contribution in [0, 0.1) is 17.2 Å². The van der Waals surface area contributed by atoms with Crippen LogP contribution in [0.25, 0.3) is 0 Å². The van der Waals surface area contributed by atoms with Crippen LogP contribution in [0.4, 0.5) is 0 Å². The fourth-order valence-corrected chi connectivity index (χ4v) is 2.10. The molecule has 0 aromatic heterocycles. The van der Waals surface area contributed by atoms with Gasteiger partial charge >= 0.3 is 0 Å². The van der Waals surface area contributed by atoms with Crippen molar-refractivity contribution in [3.8, 4) is 6.07 Å². The SMILES string of the molecule is CNC(=O)C1CCCN(CC(Cl)C#N)C1. The zero-order valence-corrected chi connectivity index (χ0v) is 9.63.